The lowest BCUT2D eigenvalue weighted by atomic mass is 9.86. The third-order valence-corrected chi connectivity index (χ3v) is 4.24. The van der Waals surface area contributed by atoms with E-state index in [-0.39, 0.29) is 5.54 Å². The molecular weight excluding hydrogens is 290 g/mol. The van der Waals surface area contributed by atoms with E-state index in [2.05, 4.69) is 63.9 Å². The van der Waals surface area contributed by atoms with Gasteiger partial charge in [0.25, 0.3) is 0 Å². The molecule has 0 spiro atoms. The summed E-state index contributed by atoms with van der Waals surface area (Å²) in [5.41, 5.74) is 7.29. The zero-order valence-corrected chi connectivity index (χ0v) is 12.6. The summed E-state index contributed by atoms with van der Waals surface area (Å²) in [6, 6.07) is 8.52. The zero-order valence-electron chi connectivity index (χ0n) is 11.0. The van der Waals surface area contributed by atoms with Gasteiger partial charge in [0, 0.05) is 11.0 Å². The Labute approximate surface area is 117 Å². The van der Waals surface area contributed by atoms with Crippen molar-refractivity contribution in [3.05, 3.63) is 34.3 Å². The van der Waals surface area contributed by atoms with Crippen molar-refractivity contribution in [3.8, 4) is 0 Å². The van der Waals surface area contributed by atoms with Crippen molar-refractivity contribution in [1.29, 1.82) is 0 Å². The van der Waals surface area contributed by atoms with Gasteiger partial charge in [0.1, 0.15) is 0 Å². The number of nitrogens with zero attached hydrogens (tertiary/aromatic N) is 2. The molecule has 98 valence electrons. The van der Waals surface area contributed by atoms with Gasteiger partial charge in [-0.1, -0.05) is 41.9 Å². The second kappa shape index (κ2) is 5.31. The Balaban J connectivity index is 2.39. The number of nitrogens with two attached hydrogens (primary N) is 1. The van der Waals surface area contributed by atoms with E-state index in [1.165, 1.54) is 5.56 Å². The predicted octanol–water partition coefficient (Wildman–Crippen LogP) is 3.09. The minimum Gasteiger partial charge on any atom is -0.370 e. The van der Waals surface area contributed by atoms with Crippen molar-refractivity contribution >= 4 is 21.9 Å². The van der Waals surface area contributed by atoms with Crippen LogP contribution >= 0.6 is 15.9 Å². The largest absolute Gasteiger partial charge is 0.370 e. The molecule has 0 amide bonds. The molecule has 0 aliphatic carbocycles. The molecule has 1 heterocycles. The number of benzene rings is 1. The fourth-order valence-electron chi connectivity index (χ4n) is 2.67. The summed E-state index contributed by atoms with van der Waals surface area (Å²) in [5.74, 6) is 0.682. The highest BCUT2D eigenvalue weighted by Crippen LogP contribution is 2.36. The van der Waals surface area contributed by atoms with Gasteiger partial charge in [0.15, 0.2) is 5.96 Å². The van der Waals surface area contributed by atoms with E-state index in [0.717, 1.165) is 30.4 Å². The Kier molecular flexibility index (Phi) is 3.95. The summed E-state index contributed by atoms with van der Waals surface area (Å²) >= 11 is 3.48. The molecule has 3 nitrogen and oxygen atoms in total. The van der Waals surface area contributed by atoms with Gasteiger partial charge < -0.3 is 10.6 Å². The molecule has 18 heavy (non-hydrogen) atoms. The molecule has 1 aliphatic rings. The molecule has 1 unspecified atom stereocenters. The van der Waals surface area contributed by atoms with Crippen molar-refractivity contribution < 1.29 is 0 Å². The molecule has 0 fully saturated rings. The molecule has 0 aromatic heterocycles. The lowest BCUT2D eigenvalue weighted by molar-refractivity contribution is 0.194. The topological polar surface area (TPSA) is 41.6 Å². The Morgan fingerprint density at radius 3 is 2.56 bits per heavy atom. The smallest absolute Gasteiger partial charge is 0.192 e. The lowest BCUT2D eigenvalue weighted by Crippen LogP contribution is -2.49. The van der Waals surface area contributed by atoms with Gasteiger partial charge in [-0.05, 0) is 30.5 Å². The Bertz CT molecular complexity index is 441. The molecule has 1 aromatic rings. The van der Waals surface area contributed by atoms with E-state index in [0.29, 0.717) is 5.96 Å². The number of halogens is 1. The summed E-state index contributed by atoms with van der Waals surface area (Å²) < 4.78 is 1.10. The van der Waals surface area contributed by atoms with E-state index in [1.807, 2.05) is 0 Å². The van der Waals surface area contributed by atoms with Gasteiger partial charge >= 0.3 is 0 Å². The zero-order chi connectivity index (χ0) is 13.2. The molecule has 0 saturated carbocycles. The van der Waals surface area contributed by atoms with E-state index in [9.17, 15) is 0 Å². The number of hydrogen-bond donors (Lipinski definition) is 1. The van der Waals surface area contributed by atoms with E-state index < -0.39 is 0 Å². The highest BCUT2D eigenvalue weighted by molar-refractivity contribution is 9.10. The van der Waals surface area contributed by atoms with Crippen LogP contribution in [0.2, 0.25) is 0 Å². The highest BCUT2D eigenvalue weighted by Gasteiger charge is 2.41. The second-order valence-electron chi connectivity index (χ2n) is 4.72. The molecule has 1 atom stereocenters. The lowest BCUT2D eigenvalue weighted by Gasteiger charge is -2.39. The van der Waals surface area contributed by atoms with Crippen LogP contribution in [-0.2, 0) is 5.54 Å². The average Bonchev–Trinajstić information content (AvgIpc) is 2.70. The van der Waals surface area contributed by atoms with Gasteiger partial charge in [-0.3, -0.25) is 4.99 Å². The van der Waals surface area contributed by atoms with Crippen molar-refractivity contribution in [1.82, 2.24) is 4.90 Å². The van der Waals surface area contributed by atoms with E-state index in [4.69, 9.17) is 5.73 Å². The fourth-order valence-corrected chi connectivity index (χ4v) is 2.93. The number of hydrogen-bond acceptors (Lipinski definition) is 3. The summed E-state index contributed by atoms with van der Waals surface area (Å²) in [4.78, 5) is 6.73. The van der Waals surface area contributed by atoms with E-state index in [1.54, 1.807) is 0 Å². The van der Waals surface area contributed by atoms with Crippen LogP contribution in [0.1, 0.15) is 32.3 Å². The number of guanidine groups is 1. The maximum atomic E-state index is 6.05. The Morgan fingerprint density at radius 2 is 2.00 bits per heavy atom. The normalized spacial score (nSPS) is 23.3. The van der Waals surface area contributed by atoms with Crippen LogP contribution < -0.4 is 5.73 Å². The van der Waals surface area contributed by atoms with Gasteiger partial charge in [-0.15, -0.1) is 0 Å². The molecule has 0 radical (unpaired) electrons. The maximum absolute atomic E-state index is 6.05. The van der Waals surface area contributed by atoms with Crippen molar-refractivity contribution in [2.75, 3.05) is 13.1 Å². The van der Waals surface area contributed by atoms with E-state index >= 15 is 0 Å². The Morgan fingerprint density at radius 1 is 1.33 bits per heavy atom. The second-order valence-corrected chi connectivity index (χ2v) is 5.63. The van der Waals surface area contributed by atoms with Crippen LogP contribution in [0.4, 0.5) is 0 Å². The molecule has 2 N–H and O–H groups in total. The van der Waals surface area contributed by atoms with Crippen molar-refractivity contribution in [3.63, 3.8) is 0 Å². The quantitative estimate of drug-likeness (QED) is 0.928. The standard InChI is InChI=1S/C14H20BrN3/c1-3-9-18-13(16)17-10-14(18,4-2)11-5-7-12(15)8-6-11/h5-8H,3-4,9-10H2,1-2H3,(H2,16,17). The minimum absolute atomic E-state index is 0.0548. The first-order valence-corrected chi connectivity index (χ1v) is 7.27. The Hall–Kier alpha value is -1.03. The highest BCUT2D eigenvalue weighted by atomic mass is 79.9. The van der Waals surface area contributed by atoms with Crippen LogP contribution in [-0.4, -0.2) is 23.9 Å². The first-order chi connectivity index (χ1) is 8.64. The summed E-state index contributed by atoms with van der Waals surface area (Å²) in [6.45, 7) is 6.10. The molecule has 2 rings (SSSR count). The van der Waals surface area contributed by atoms with Crippen molar-refractivity contribution in [2.45, 2.75) is 32.2 Å². The first-order valence-electron chi connectivity index (χ1n) is 6.47. The summed E-state index contributed by atoms with van der Waals surface area (Å²) in [6.07, 6.45) is 2.09. The summed E-state index contributed by atoms with van der Waals surface area (Å²) in [7, 11) is 0. The van der Waals surface area contributed by atoms with Crippen molar-refractivity contribution in [2.24, 2.45) is 10.7 Å². The minimum atomic E-state index is -0.0548. The molecule has 1 aliphatic heterocycles. The number of aliphatic imine (C=N–C) groups is 1. The van der Waals surface area contributed by atoms with Gasteiger partial charge in [-0.25, -0.2) is 0 Å². The SMILES string of the molecule is CCCN1C(N)=NCC1(CC)c1ccc(Br)cc1. The third kappa shape index (κ3) is 2.14. The van der Waals surface area contributed by atoms with Gasteiger partial charge in [-0.2, -0.15) is 0 Å². The predicted molar refractivity (Wildman–Crippen MR) is 79.6 cm³/mol. The number of rotatable bonds is 4. The first kappa shape index (κ1) is 13.4. The molecular formula is C14H20BrN3. The third-order valence-electron chi connectivity index (χ3n) is 3.71. The molecule has 4 heteroatoms. The monoisotopic (exact) mass is 309 g/mol. The average molecular weight is 310 g/mol. The van der Waals surface area contributed by atoms with Crippen LogP contribution in [0.25, 0.3) is 0 Å². The van der Waals surface area contributed by atoms with Gasteiger partial charge in [0.05, 0.1) is 12.1 Å². The summed E-state index contributed by atoms with van der Waals surface area (Å²) in [5, 5.41) is 0. The molecule has 1 aromatic carbocycles. The fraction of sp³-hybridized carbons (Fsp3) is 0.500. The van der Waals surface area contributed by atoms with Crippen LogP contribution in [0, 0.1) is 0 Å². The van der Waals surface area contributed by atoms with Crippen LogP contribution in [0.15, 0.2) is 33.7 Å². The van der Waals surface area contributed by atoms with Gasteiger partial charge in [0.2, 0.25) is 0 Å². The van der Waals surface area contributed by atoms with Crippen LogP contribution in [0.5, 0.6) is 0 Å². The molecule has 0 saturated heterocycles. The van der Waals surface area contributed by atoms with Crippen LogP contribution in [0.3, 0.4) is 0 Å². The maximum Gasteiger partial charge on any atom is 0.192 e. The molecule has 0 bridgehead atoms.